The predicted octanol–water partition coefficient (Wildman–Crippen LogP) is 6.38. The van der Waals surface area contributed by atoms with Crippen molar-refractivity contribution < 1.29 is 29.0 Å². The maximum atomic E-state index is 11.6. The molecule has 0 aromatic heterocycles. The van der Waals surface area contributed by atoms with Crippen LogP contribution in [0.3, 0.4) is 0 Å². The molecule has 4 unspecified atom stereocenters. The molecule has 6 nitrogen and oxygen atoms in total. The van der Waals surface area contributed by atoms with Crippen molar-refractivity contribution >= 4 is 17.9 Å². The molecule has 188 valence electrons. The van der Waals surface area contributed by atoms with Gasteiger partial charge in [0.1, 0.15) is 12.2 Å². The largest absolute Gasteiger partial charge is 0.481 e. The summed E-state index contributed by atoms with van der Waals surface area (Å²) in [5, 5.41) is 8.91. The maximum Gasteiger partial charge on any atom is 0.303 e. The molecule has 1 rings (SSSR count). The van der Waals surface area contributed by atoms with E-state index in [0.29, 0.717) is 12.8 Å². The van der Waals surface area contributed by atoms with E-state index in [9.17, 15) is 14.4 Å². The summed E-state index contributed by atoms with van der Waals surface area (Å²) in [4.78, 5) is 33.9. The van der Waals surface area contributed by atoms with Crippen molar-refractivity contribution in [2.45, 2.75) is 116 Å². The average Bonchev–Trinajstić information content (AvgIpc) is 3.20. The molecule has 1 fully saturated rings. The Morgan fingerprint density at radius 3 is 2.27 bits per heavy atom. The molecule has 1 saturated carbocycles. The van der Waals surface area contributed by atoms with Crippen LogP contribution in [-0.2, 0) is 23.9 Å². The van der Waals surface area contributed by atoms with Crippen LogP contribution in [0.25, 0.3) is 0 Å². The molecular weight excluding hydrogens is 420 g/mol. The lowest BCUT2D eigenvalue weighted by molar-refractivity contribution is -0.150. The van der Waals surface area contributed by atoms with Crippen molar-refractivity contribution in [3.63, 3.8) is 0 Å². The summed E-state index contributed by atoms with van der Waals surface area (Å²) >= 11 is 0. The number of esters is 2. The van der Waals surface area contributed by atoms with E-state index >= 15 is 0 Å². The molecule has 1 aliphatic rings. The first-order valence-corrected chi connectivity index (χ1v) is 12.7. The molecule has 0 heterocycles. The Bertz CT molecular complexity index is 639. The molecule has 1 N–H and O–H groups in total. The summed E-state index contributed by atoms with van der Waals surface area (Å²) in [7, 11) is 0. The molecule has 0 spiro atoms. The van der Waals surface area contributed by atoms with Gasteiger partial charge in [-0.1, -0.05) is 63.7 Å². The fourth-order valence-electron chi connectivity index (χ4n) is 4.67. The average molecular weight is 465 g/mol. The molecule has 4 atom stereocenters. The van der Waals surface area contributed by atoms with Crippen LogP contribution < -0.4 is 0 Å². The van der Waals surface area contributed by atoms with Crippen molar-refractivity contribution in [2.75, 3.05) is 0 Å². The number of rotatable bonds is 17. The highest BCUT2D eigenvalue weighted by Gasteiger charge is 2.33. The molecule has 0 saturated heterocycles. The van der Waals surface area contributed by atoms with E-state index in [1.165, 1.54) is 39.5 Å². The summed E-state index contributed by atoms with van der Waals surface area (Å²) in [5.41, 5.74) is 0. The van der Waals surface area contributed by atoms with Gasteiger partial charge in [0.2, 0.25) is 0 Å². The van der Waals surface area contributed by atoms with E-state index in [-0.39, 0.29) is 42.4 Å². The highest BCUT2D eigenvalue weighted by Crippen LogP contribution is 2.38. The van der Waals surface area contributed by atoms with Gasteiger partial charge in [0.25, 0.3) is 0 Å². The molecule has 0 amide bonds. The summed E-state index contributed by atoms with van der Waals surface area (Å²) in [6.07, 6.45) is 19.9. The van der Waals surface area contributed by atoms with Gasteiger partial charge in [-0.3, -0.25) is 14.4 Å². The lowest BCUT2D eigenvalue weighted by Gasteiger charge is -2.27. The molecule has 0 aliphatic heterocycles. The van der Waals surface area contributed by atoms with E-state index in [2.05, 4.69) is 13.0 Å². The van der Waals surface area contributed by atoms with E-state index in [1.807, 2.05) is 18.2 Å². The first kappa shape index (κ1) is 28.9. The Morgan fingerprint density at radius 1 is 0.909 bits per heavy atom. The molecule has 6 heteroatoms. The minimum Gasteiger partial charge on any atom is -0.481 e. The highest BCUT2D eigenvalue weighted by atomic mass is 16.5. The first-order chi connectivity index (χ1) is 15.8. The van der Waals surface area contributed by atoms with Crippen molar-refractivity contribution in [3.05, 3.63) is 24.3 Å². The van der Waals surface area contributed by atoms with Crippen LogP contribution in [0.15, 0.2) is 24.3 Å². The van der Waals surface area contributed by atoms with Crippen LogP contribution in [0.4, 0.5) is 0 Å². The summed E-state index contributed by atoms with van der Waals surface area (Å²) in [6.45, 7) is 5.06. The van der Waals surface area contributed by atoms with Gasteiger partial charge in [0.05, 0.1) is 0 Å². The quantitative estimate of drug-likeness (QED) is 0.152. The van der Waals surface area contributed by atoms with Gasteiger partial charge in [-0.05, 0) is 50.5 Å². The zero-order valence-corrected chi connectivity index (χ0v) is 20.8. The van der Waals surface area contributed by atoms with E-state index in [4.69, 9.17) is 14.6 Å². The van der Waals surface area contributed by atoms with Crippen molar-refractivity contribution in [3.8, 4) is 0 Å². The monoisotopic (exact) mass is 464 g/mol. The van der Waals surface area contributed by atoms with Crippen molar-refractivity contribution in [1.82, 2.24) is 0 Å². The minimum absolute atomic E-state index is 0.0872. The lowest BCUT2D eigenvalue weighted by Crippen LogP contribution is -2.28. The number of allylic oxidation sites excluding steroid dienone is 3. The fraction of sp³-hybridized carbons (Fsp3) is 0.741. The topological polar surface area (TPSA) is 89.9 Å². The van der Waals surface area contributed by atoms with Crippen molar-refractivity contribution in [1.29, 1.82) is 0 Å². The van der Waals surface area contributed by atoms with E-state index in [1.54, 1.807) is 0 Å². The molecule has 0 aromatic carbocycles. The van der Waals surface area contributed by atoms with E-state index < -0.39 is 5.97 Å². The van der Waals surface area contributed by atoms with Gasteiger partial charge in [-0.25, -0.2) is 0 Å². The first-order valence-electron chi connectivity index (χ1n) is 12.7. The van der Waals surface area contributed by atoms with Gasteiger partial charge >= 0.3 is 17.9 Å². The SMILES string of the molecule is CCCCCCCCC(/C=C/C=C/C1CCCC1C(CCCC(=O)O)OC(C)=O)OC(C)=O. The van der Waals surface area contributed by atoms with Crippen LogP contribution in [0, 0.1) is 11.8 Å². The number of hydrogen-bond acceptors (Lipinski definition) is 5. The van der Waals surface area contributed by atoms with E-state index in [0.717, 1.165) is 38.5 Å². The van der Waals surface area contributed by atoms with Crippen LogP contribution in [-0.4, -0.2) is 35.2 Å². The number of carbonyl (C=O) groups is 3. The molecule has 0 bridgehead atoms. The molecular formula is C27H44O6. The fourth-order valence-corrected chi connectivity index (χ4v) is 4.67. The molecule has 0 radical (unpaired) electrons. The third-order valence-corrected chi connectivity index (χ3v) is 6.25. The Hall–Kier alpha value is -2.11. The zero-order chi connectivity index (χ0) is 24.5. The van der Waals surface area contributed by atoms with Crippen LogP contribution in [0.5, 0.6) is 0 Å². The third kappa shape index (κ3) is 13.9. The number of carbonyl (C=O) groups excluding carboxylic acids is 2. The number of carboxylic acids is 1. The Morgan fingerprint density at radius 2 is 1.61 bits per heavy atom. The van der Waals surface area contributed by atoms with Gasteiger partial charge in [-0.2, -0.15) is 0 Å². The number of unbranched alkanes of at least 4 members (excludes halogenated alkanes) is 5. The van der Waals surface area contributed by atoms with Crippen LogP contribution in [0.1, 0.15) is 104 Å². The van der Waals surface area contributed by atoms with Crippen LogP contribution in [0.2, 0.25) is 0 Å². The van der Waals surface area contributed by atoms with Gasteiger partial charge < -0.3 is 14.6 Å². The Labute approximate surface area is 199 Å². The lowest BCUT2D eigenvalue weighted by atomic mass is 9.87. The smallest absolute Gasteiger partial charge is 0.303 e. The second-order valence-electron chi connectivity index (χ2n) is 9.17. The van der Waals surface area contributed by atoms with Gasteiger partial charge in [0.15, 0.2) is 0 Å². The number of carboxylic acid groups (broad SMARTS) is 1. The second-order valence-corrected chi connectivity index (χ2v) is 9.17. The maximum absolute atomic E-state index is 11.6. The standard InChI is InChI=1S/C27H44O6/c1-4-5-6-7-8-9-16-24(32-21(2)28)17-11-10-14-23-15-12-18-25(23)26(33-22(3)29)19-13-20-27(30)31/h10-11,14,17,23-26H,4-9,12-13,15-16,18-20H2,1-3H3,(H,30,31)/b14-10+,17-11+. The normalized spacial score (nSPS) is 20.2. The number of hydrogen-bond donors (Lipinski definition) is 1. The second kappa shape index (κ2) is 17.4. The van der Waals surface area contributed by atoms with Crippen LogP contribution >= 0.6 is 0 Å². The number of aliphatic carboxylic acids is 1. The van der Waals surface area contributed by atoms with Crippen molar-refractivity contribution in [2.24, 2.45) is 11.8 Å². The molecule has 0 aromatic rings. The predicted molar refractivity (Wildman–Crippen MR) is 130 cm³/mol. The summed E-state index contributed by atoms with van der Waals surface area (Å²) in [6, 6.07) is 0. The van der Waals surface area contributed by atoms with Gasteiger partial charge in [-0.15, -0.1) is 0 Å². The Balaban J connectivity index is 2.62. The highest BCUT2D eigenvalue weighted by molar-refractivity contribution is 5.67. The Kier molecular flexibility index (Phi) is 15.2. The minimum atomic E-state index is -0.826. The molecule has 33 heavy (non-hydrogen) atoms. The van der Waals surface area contributed by atoms with Gasteiger partial charge in [0, 0.05) is 26.2 Å². The summed E-state index contributed by atoms with van der Waals surface area (Å²) in [5.74, 6) is -0.910. The third-order valence-electron chi connectivity index (χ3n) is 6.25. The molecule has 1 aliphatic carbocycles. The summed E-state index contributed by atoms with van der Waals surface area (Å²) < 4.78 is 11.0. The number of ether oxygens (including phenoxy) is 2. The zero-order valence-electron chi connectivity index (χ0n) is 20.8.